The average molecular weight is 223 g/mol. The number of aryl methyl sites for hydroxylation is 1. The minimum absolute atomic E-state index is 0.00738. The highest BCUT2D eigenvalue weighted by Gasteiger charge is 2.27. The van der Waals surface area contributed by atoms with E-state index < -0.39 is 0 Å². The largest absolute Gasteiger partial charge is 0.369 e. The smallest absolute Gasteiger partial charge is 0.0783 e. The number of nitrogens with one attached hydrogen (secondary N) is 1. The van der Waals surface area contributed by atoms with Crippen LogP contribution in [-0.2, 0) is 17.9 Å². The van der Waals surface area contributed by atoms with Crippen LogP contribution in [0, 0.1) is 0 Å². The summed E-state index contributed by atoms with van der Waals surface area (Å²) in [6, 6.07) is 0. The lowest BCUT2D eigenvalue weighted by atomic mass is 9.96. The minimum atomic E-state index is -0.00738. The fourth-order valence-corrected chi connectivity index (χ4v) is 2.06. The molecule has 16 heavy (non-hydrogen) atoms. The summed E-state index contributed by atoms with van der Waals surface area (Å²) in [6.45, 7) is 7.92. The molecule has 2 rings (SSSR count). The van der Waals surface area contributed by atoms with Gasteiger partial charge in [-0.15, -0.1) is 0 Å². The number of piperidine rings is 1. The van der Waals surface area contributed by atoms with Crippen molar-refractivity contribution in [3.05, 3.63) is 18.0 Å². The summed E-state index contributed by atoms with van der Waals surface area (Å²) in [5.74, 6) is 0. The topological polar surface area (TPSA) is 39.1 Å². The third kappa shape index (κ3) is 2.83. The summed E-state index contributed by atoms with van der Waals surface area (Å²) >= 11 is 0. The van der Waals surface area contributed by atoms with Gasteiger partial charge in [0.15, 0.2) is 0 Å². The molecule has 1 aliphatic heterocycles. The molecule has 1 N–H and O–H groups in total. The number of hydrogen-bond donors (Lipinski definition) is 1. The maximum atomic E-state index is 6.00. The molecule has 1 aromatic heterocycles. The molecule has 1 fully saturated rings. The van der Waals surface area contributed by atoms with Crippen molar-refractivity contribution in [3.63, 3.8) is 0 Å². The van der Waals surface area contributed by atoms with Gasteiger partial charge in [-0.3, -0.25) is 4.68 Å². The van der Waals surface area contributed by atoms with E-state index in [1.807, 2.05) is 10.9 Å². The zero-order valence-electron chi connectivity index (χ0n) is 10.2. The standard InChI is InChI=1S/C12H21N3O/c1-3-15-8-11(7-14-15)9-16-12(2)5-4-6-13-10-12/h7-8,13H,3-6,9-10H2,1-2H3. The Labute approximate surface area is 97.0 Å². The molecule has 1 unspecified atom stereocenters. The van der Waals surface area contributed by atoms with Crippen LogP contribution in [0.5, 0.6) is 0 Å². The van der Waals surface area contributed by atoms with Crippen LogP contribution in [0.1, 0.15) is 32.3 Å². The Morgan fingerprint density at radius 1 is 1.62 bits per heavy atom. The van der Waals surface area contributed by atoms with E-state index in [0.29, 0.717) is 6.61 Å². The first-order chi connectivity index (χ1) is 7.72. The van der Waals surface area contributed by atoms with E-state index >= 15 is 0 Å². The molecular weight excluding hydrogens is 202 g/mol. The zero-order valence-corrected chi connectivity index (χ0v) is 10.2. The van der Waals surface area contributed by atoms with Gasteiger partial charge in [0.05, 0.1) is 18.4 Å². The Hall–Kier alpha value is -0.870. The van der Waals surface area contributed by atoms with E-state index in [2.05, 4.69) is 30.5 Å². The van der Waals surface area contributed by atoms with Crippen LogP contribution >= 0.6 is 0 Å². The molecule has 2 heterocycles. The van der Waals surface area contributed by atoms with Crippen LogP contribution in [0.3, 0.4) is 0 Å². The van der Waals surface area contributed by atoms with Crippen molar-refractivity contribution in [3.8, 4) is 0 Å². The van der Waals surface area contributed by atoms with Gasteiger partial charge in [-0.1, -0.05) is 0 Å². The van der Waals surface area contributed by atoms with Crippen molar-refractivity contribution in [1.29, 1.82) is 0 Å². The molecule has 1 aliphatic rings. The van der Waals surface area contributed by atoms with E-state index in [4.69, 9.17) is 4.74 Å². The third-order valence-corrected chi connectivity index (χ3v) is 3.16. The first-order valence-corrected chi connectivity index (χ1v) is 6.08. The minimum Gasteiger partial charge on any atom is -0.369 e. The quantitative estimate of drug-likeness (QED) is 0.842. The summed E-state index contributed by atoms with van der Waals surface area (Å²) in [7, 11) is 0. The van der Waals surface area contributed by atoms with Gasteiger partial charge in [0.25, 0.3) is 0 Å². The Morgan fingerprint density at radius 2 is 2.50 bits per heavy atom. The van der Waals surface area contributed by atoms with Crippen molar-refractivity contribution in [1.82, 2.24) is 15.1 Å². The zero-order chi connectivity index (χ0) is 11.4. The molecule has 0 radical (unpaired) electrons. The highest BCUT2D eigenvalue weighted by molar-refractivity contribution is 5.02. The van der Waals surface area contributed by atoms with Crippen molar-refractivity contribution in [2.45, 2.75) is 45.4 Å². The molecule has 90 valence electrons. The summed E-state index contributed by atoms with van der Waals surface area (Å²) in [6.07, 6.45) is 6.29. The number of hydrogen-bond acceptors (Lipinski definition) is 3. The number of ether oxygens (including phenoxy) is 1. The lowest BCUT2D eigenvalue weighted by Crippen LogP contribution is -2.45. The lowest BCUT2D eigenvalue weighted by molar-refractivity contribution is -0.0571. The van der Waals surface area contributed by atoms with Gasteiger partial charge in [0.1, 0.15) is 0 Å². The number of aromatic nitrogens is 2. The first kappa shape index (κ1) is 11.6. The molecular formula is C12H21N3O. The fraction of sp³-hybridized carbons (Fsp3) is 0.750. The molecule has 1 aromatic rings. The van der Waals surface area contributed by atoms with Gasteiger partial charge in [-0.05, 0) is 33.2 Å². The van der Waals surface area contributed by atoms with Crippen LogP contribution in [0.25, 0.3) is 0 Å². The van der Waals surface area contributed by atoms with Gasteiger partial charge < -0.3 is 10.1 Å². The number of nitrogens with zero attached hydrogens (tertiary/aromatic N) is 2. The van der Waals surface area contributed by atoms with Gasteiger partial charge in [0.2, 0.25) is 0 Å². The molecule has 0 saturated carbocycles. The summed E-state index contributed by atoms with van der Waals surface area (Å²) in [5.41, 5.74) is 1.15. The molecule has 1 saturated heterocycles. The molecule has 0 bridgehead atoms. The predicted octanol–water partition coefficient (Wildman–Crippen LogP) is 1.56. The molecule has 0 aromatic carbocycles. The van der Waals surface area contributed by atoms with E-state index in [9.17, 15) is 0 Å². The summed E-state index contributed by atoms with van der Waals surface area (Å²) in [5, 5.41) is 7.62. The van der Waals surface area contributed by atoms with Gasteiger partial charge in [-0.2, -0.15) is 5.10 Å². The number of rotatable bonds is 4. The van der Waals surface area contributed by atoms with Crippen molar-refractivity contribution in [2.24, 2.45) is 0 Å². The van der Waals surface area contributed by atoms with E-state index in [1.54, 1.807) is 0 Å². The normalized spacial score (nSPS) is 25.9. The third-order valence-electron chi connectivity index (χ3n) is 3.16. The Balaban J connectivity index is 1.86. The molecule has 4 heteroatoms. The average Bonchev–Trinajstić information content (AvgIpc) is 2.75. The maximum Gasteiger partial charge on any atom is 0.0783 e. The monoisotopic (exact) mass is 223 g/mol. The molecule has 0 amide bonds. The van der Waals surface area contributed by atoms with Gasteiger partial charge in [0, 0.05) is 24.8 Å². The van der Waals surface area contributed by atoms with E-state index in [-0.39, 0.29) is 5.60 Å². The summed E-state index contributed by atoms with van der Waals surface area (Å²) < 4.78 is 7.93. The van der Waals surface area contributed by atoms with Gasteiger partial charge in [-0.25, -0.2) is 0 Å². The van der Waals surface area contributed by atoms with Crippen LogP contribution < -0.4 is 5.32 Å². The second-order valence-corrected chi connectivity index (χ2v) is 4.72. The first-order valence-electron chi connectivity index (χ1n) is 6.08. The van der Waals surface area contributed by atoms with Crippen molar-refractivity contribution in [2.75, 3.05) is 13.1 Å². The van der Waals surface area contributed by atoms with Crippen molar-refractivity contribution < 1.29 is 4.74 Å². The highest BCUT2D eigenvalue weighted by Crippen LogP contribution is 2.21. The fourth-order valence-electron chi connectivity index (χ4n) is 2.06. The Morgan fingerprint density at radius 3 is 3.12 bits per heavy atom. The summed E-state index contributed by atoms with van der Waals surface area (Å²) in [4.78, 5) is 0. The van der Waals surface area contributed by atoms with E-state index in [1.165, 1.54) is 6.42 Å². The maximum absolute atomic E-state index is 6.00. The molecule has 0 aliphatic carbocycles. The Kier molecular flexibility index (Phi) is 3.61. The second-order valence-electron chi connectivity index (χ2n) is 4.72. The highest BCUT2D eigenvalue weighted by atomic mass is 16.5. The predicted molar refractivity (Wildman–Crippen MR) is 63.2 cm³/mol. The van der Waals surface area contributed by atoms with E-state index in [0.717, 1.165) is 31.6 Å². The van der Waals surface area contributed by atoms with Crippen LogP contribution in [0.2, 0.25) is 0 Å². The SMILES string of the molecule is CCn1cc(COC2(C)CCCNC2)cn1. The lowest BCUT2D eigenvalue weighted by Gasteiger charge is -2.34. The van der Waals surface area contributed by atoms with Crippen LogP contribution in [0.15, 0.2) is 12.4 Å². The molecule has 0 spiro atoms. The van der Waals surface area contributed by atoms with Crippen molar-refractivity contribution >= 4 is 0 Å². The van der Waals surface area contributed by atoms with Gasteiger partial charge >= 0.3 is 0 Å². The molecule has 4 nitrogen and oxygen atoms in total. The van der Waals surface area contributed by atoms with Crippen LogP contribution in [-0.4, -0.2) is 28.5 Å². The molecule has 1 atom stereocenters. The second kappa shape index (κ2) is 4.97. The Bertz CT molecular complexity index is 329. The van der Waals surface area contributed by atoms with Crippen LogP contribution in [0.4, 0.5) is 0 Å².